The Kier molecular flexibility index (Phi) is 4.61. The molecule has 25 heavy (non-hydrogen) atoms. The highest BCUT2D eigenvalue weighted by Gasteiger charge is 2.66. The number of rotatable bonds is 5. The molecule has 4 rings (SSSR count). The van der Waals surface area contributed by atoms with E-state index in [9.17, 15) is 4.79 Å². The number of esters is 1. The maximum absolute atomic E-state index is 13.1. The molecular weight excluding hydrogens is 330 g/mol. The van der Waals surface area contributed by atoms with Gasteiger partial charge in [0, 0.05) is 13.1 Å². The van der Waals surface area contributed by atoms with Crippen LogP contribution in [0, 0.1) is 17.3 Å². The van der Waals surface area contributed by atoms with Crippen LogP contribution in [-0.2, 0) is 9.53 Å². The summed E-state index contributed by atoms with van der Waals surface area (Å²) >= 11 is 1.97. The first kappa shape index (κ1) is 17.4. The van der Waals surface area contributed by atoms with Gasteiger partial charge in [0.05, 0.1) is 0 Å². The van der Waals surface area contributed by atoms with Gasteiger partial charge in [0.25, 0.3) is 0 Å². The number of carbonyl (C=O) groups is 1. The van der Waals surface area contributed by atoms with Crippen LogP contribution in [0.3, 0.4) is 0 Å². The van der Waals surface area contributed by atoms with Crippen LogP contribution in [0.2, 0.25) is 0 Å². The number of hydrogen-bond donors (Lipinski definition) is 0. The number of allylic oxidation sites excluding steroid dienone is 4. The fourth-order valence-corrected chi connectivity index (χ4v) is 6.10. The second-order valence-electron chi connectivity index (χ2n) is 8.15. The van der Waals surface area contributed by atoms with Crippen molar-refractivity contribution in [1.82, 2.24) is 4.90 Å². The molecule has 0 aromatic carbocycles. The van der Waals surface area contributed by atoms with E-state index in [0.717, 1.165) is 43.5 Å². The highest BCUT2D eigenvalue weighted by atomic mass is 32.2. The van der Waals surface area contributed by atoms with Gasteiger partial charge in [0.15, 0.2) is 5.60 Å². The number of likely N-dealkylation sites (tertiary alicyclic amines) is 1. The molecule has 4 heteroatoms. The van der Waals surface area contributed by atoms with Gasteiger partial charge in [0.2, 0.25) is 0 Å². The largest absolute Gasteiger partial charge is 0.451 e. The number of nitrogens with zero attached hydrogens (tertiary/aromatic N) is 1. The van der Waals surface area contributed by atoms with Gasteiger partial charge in [-0.05, 0) is 48.3 Å². The summed E-state index contributed by atoms with van der Waals surface area (Å²) in [6, 6.07) is 0. The maximum Gasteiger partial charge on any atom is 0.321 e. The van der Waals surface area contributed by atoms with Crippen LogP contribution in [0.5, 0.6) is 0 Å². The molecule has 3 nitrogen and oxygen atoms in total. The summed E-state index contributed by atoms with van der Waals surface area (Å²) in [5, 5.41) is 0. The fraction of sp³-hybridized carbons (Fsp3) is 0.667. The van der Waals surface area contributed by atoms with Crippen LogP contribution < -0.4 is 0 Å². The van der Waals surface area contributed by atoms with E-state index in [1.165, 1.54) is 18.4 Å². The molecule has 3 aliphatic heterocycles. The Morgan fingerprint density at radius 2 is 2.20 bits per heavy atom. The lowest BCUT2D eigenvalue weighted by Crippen LogP contribution is -2.63. The third kappa shape index (κ3) is 2.73. The predicted octanol–water partition coefficient (Wildman–Crippen LogP) is 3.83. The van der Waals surface area contributed by atoms with Gasteiger partial charge in [0.1, 0.15) is 5.41 Å². The van der Waals surface area contributed by atoms with Crippen molar-refractivity contribution in [2.45, 2.75) is 38.7 Å². The number of ether oxygens (including phenoxy) is 1. The van der Waals surface area contributed by atoms with Crippen molar-refractivity contribution in [2.24, 2.45) is 17.3 Å². The van der Waals surface area contributed by atoms with Crippen molar-refractivity contribution in [3.63, 3.8) is 0 Å². The first-order valence-electron chi connectivity index (χ1n) is 9.71. The van der Waals surface area contributed by atoms with Crippen molar-refractivity contribution in [2.75, 3.05) is 31.1 Å². The first-order valence-corrected chi connectivity index (χ1v) is 10.9. The Hall–Kier alpha value is -1.00. The average molecular weight is 360 g/mol. The van der Waals surface area contributed by atoms with E-state index in [-0.39, 0.29) is 11.6 Å². The lowest BCUT2D eigenvalue weighted by Gasteiger charge is -2.48. The van der Waals surface area contributed by atoms with Gasteiger partial charge in [-0.25, -0.2) is 0 Å². The molecule has 1 unspecified atom stereocenters. The Morgan fingerprint density at radius 3 is 2.92 bits per heavy atom. The van der Waals surface area contributed by atoms with Crippen LogP contribution in [0.1, 0.15) is 33.1 Å². The minimum absolute atomic E-state index is 0.00669. The zero-order valence-electron chi connectivity index (χ0n) is 15.4. The van der Waals surface area contributed by atoms with Crippen molar-refractivity contribution >= 4 is 17.7 Å². The molecule has 0 N–H and O–H groups in total. The highest BCUT2D eigenvalue weighted by Crippen LogP contribution is 2.57. The molecule has 0 bridgehead atoms. The number of thioether (sulfide) groups is 1. The van der Waals surface area contributed by atoms with Gasteiger partial charge in [-0.2, -0.15) is 11.8 Å². The second kappa shape index (κ2) is 6.62. The van der Waals surface area contributed by atoms with Gasteiger partial charge < -0.3 is 4.74 Å². The molecule has 1 spiro atoms. The fourth-order valence-electron chi connectivity index (χ4n) is 4.77. The van der Waals surface area contributed by atoms with E-state index in [4.69, 9.17) is 4.74 Å². The lowest BCUT2D eigenvalue weighted by atomic mass is 9.65. The predicted molar refractivity (Wildman–Crippen MR) is 104 cm³/mol. The van der Waals surface area contributed by atoms with E-state index in [2.05, 4.69) is 43.1 Å². The lowest BCUT2D eigenvalue weighted by molar-refractivity contribution is -0.164. The van der Waals surface area contributed by atoms with E-state index in [1.54, 1.807) is 0 Å². The van der Waals surface area contributed by atoms with Crippen LogP contribution >= 0.6 is 11.8 Å². The zero-order valence-corrected chi connectivity index (χ0v) is 16.2. The molecular formula is C21H29NO2S. The third-order valence-corrected chi connectivity index (χ3v) is 7.74. The van der Waals surface area contributed by atoms with Crippen molar-refractivity contribution in [1.29, 1.82) is 0 Å². The van der Waals surface area contributed by atoms with E-state index in [1.807, 2.05) is 17.8 Å². The summed E-state index contributed by atoms with van der Waals surface area (Å²) in [6.07, 6.45) is 14.1. The minimum Gasteiger partial charge on any atom is -0.451 e. The standard InChI is InChI=1S/C21H29NO2S/c1-3-16(2)8-11-22-14-20(15-22)18-7-5-4-6-10-21(18,19(23)24-20)17-9-12-25-13-17/h4-7,10,16-17H,3,8-9,11-15H2,1-2H3/t16-,17?,21-/m0/s1. The molecule has 0 aromatic heterocycles. The minimum atomic E-state index is -0.518. The summed E-state index contributed by atoms with van der Waals surface area (Å²) in [5.41, 5.74) is 0.330. The SMILES string of the molecule is CC[C@H](C)CCN1CC2(C1)OC(=O)[C@]1(C3CCSC3)C=CC=CC=C21. The van der Waals surface area contributed by atoms with Gasteiger partial charge in [-0.15, -0.1) is 0 Å². The first-order chi connectivity index (χ1) is 12.1. The number of carbonyl (C=O) groups excluding carboxylic acids is 1. The third-order valence-electron chi connectivity index (χ3n) is 6.57. The van der Waals surface area contributed by atoms with E-state index >= 15 is 0 Å². The Bertz CT molecular complexity index is 626. The average Bonchev–Trinajstić information content (AvgIpc) is 3.12. The normalized spacial score (nSPS) is 34.4. The van der Waals surface area contributed by atoms with Crippen LogP contribution in [0.4, 0.5) is 0 Å². The molecule has 4 aliphatic rings. The topological polar surface area (TPSA) is 29.5 Å². The smallest absolute Gasteiger partial charge is 0.321 e. The van der Waals surface area contributed by atoms with Gasteiger partial charge >= 0.3 is 5.97 Å². The zero-order chi connectivity index (χ0) is 17.5. The Morgan fingerprint density at radius 1 is 1.36 bits per heavy atom. The Labute approximate surface area is 155 Å². The maximum atomic E-state index is 13.1. The molecule has 136 valence electrons. The molecule has 0 aromatic rings. The molecule has 3 fully saturated rings. The highest BCUT2D eigenvalue weighted by molar-refractivity contribution is 7.99. The summed E-state index contributed by atoms with van der Waals surface area (Å²) in [6.45, 7) is 7.41. The van der Waals surface area contributed by atoms with E-state index < -0.39 is 5.41 Å². The second-order valence-corrected chi connectivity index (χ2v) is 9.30. The van der Waals surface area contributed by atoms with Crippen LogP contribution in [0.25, 0.3) is 0 Å². The van der Waals surface area contributed by atoms with Gasteiger partial charge in [-0.3, -0.25) is 9.69 Å². The van der Waals surface area contributed by atoms with Crippen molar-refractivity contribution in [3.05, 3.63) is 36.0 Å². The molecule has 0 amide bonds. The van der Waals surface area contributed by atoms with Crippen molar-refractivity contribution in [3.8, 4) is 0 Å². The van der Waals surface area contributed by atoms with E-state index in [0.29, 0.717) is 5.92 Å². The molecule has 3 saturated heterocycles. The summed E-state index contributed by atoms with van der Waals surface area (Å²) in [4.78, 5) is 15.6. The summed E-state index contributed by atoms with van der Waals surface area (Å²) in [5.74, 6) is 3.35. The molecule has 3 heterocycles. The summed E-state index contributed by atoms with van der Waals surface area (Å²) in [7, 11) is 0. The number of hydrogen-bond acceptors (Lipinski definition) is 4. The summed E-state index contributed by atoms with van der Waals surface area (Å²) < 4.78 is 6.12. The Balaban J connectivity index is 1.56. The number of fused-ring (bicyclic) bond motifs is 2. The molecule has 3 atom stereocenters. The molecule has 1 aliphatic carbocycles. The van der Waals surface area contributed by atoms with Crippen LogP contribution in [-0.4, -0.2) is 47.6 Å². The van der Waals surface area contributed by atoms with Crippen LogP contribution in [0.15, 0.2) is 36.0 Å². The molecule has 0 saturated carbocycles. The van der Waals surface area contributed by atoms with Crippen molar-refractivity contribution < 1.29 is 9.53 Å². The monoisotopic (exact) mass is 359 g/mol. The molecule has 0 radical (unpaired) electrons. The van der Waals surface area contributed by atoms with Gasteiger partial charge in [-0.1, -0.05) is 50.6 Å². The quantitative estimate of drug-likeness (QED) is 0.698.